The number of ether oxygens (including phenoxy) is 2. The van der Waals surface area contributed by atoms with Gasteiger partial charge in [-0.05, 0) is 18.8 Å². The Morgan fingerprint density at radius 3 is 2.50 bits per heavy atom. The molecule has 4 nitrogen and oxygen atoms in total. The first-order valence-electron chi connectivity index (χ1n) is 8.10. The maximum absolute atomic E-state index is 9.44. The maximum atomic E-state index is 9.44. The molecule has 20 heavy (non-hydrogen) atoms. The highest BCUT2D eigenvalue weighted by Crippen LogP contribution is 2.34. The number of nitriles is 1. The molecule has 114 valence electrons. The van der Waals surface area contributed by atoms with Crippen LogP contribution in [0.25, 0.3) is 0 Å². The minimum Gasteiger partial charge on any atom is -0.394 e. The Labute approximate surface area is 122 Å². The molecule has 0 aromatic carbocycles. The molecule has 1 N–H and O–H groups in total. The summed E-state index contributed by atoms with van der Waals surface area (Å²) < 4.78 is 11.7. The smallest absolute Gasteiger partial charge is 0.107 e. The molecule has 1 aliphatic carbocycles. The van der Waals surface area contributed by atoms with E-state index in [-0.39, 0.29) is 24.9 Å². The molecule has 0 amide bonds. The SMILES string of the molecule is N#CCCOC1C[C@H](C2CCCCCCC2)O[C@@H]1CO. The van der Waals surface area contributed by atoms with E-state index >= 15 is 0 Å². The lowest BCUT2D eigenvalue weighted by Crippen LogP contribution is -2.28. The molecular weight excluding hydrogens is 254 g/mol. The summed E-state index contributed by atoms with van der Waals surface area (Å²) in [5, 5.41) is 18.0. The van der Waals surface area contributed by atoms with Gasteiger partial charge in [-0.15, -0.1) is 0 Å². The summed E-state index contributed by atoms with van der Waals surface area (Å²) in [7, 11) is 0. The normalized spacial score (nSPS) is 32.5. The highest BCUT2D eigenvalue weighted by atomic mass is 16.6. The Balaban J connectivity index is 1.84. The van der Waals surface area contributed by atoms with Crippen LogP contribution in [0.15, 0.2) is 0 Å². The van der Waals surface area contributed by atoms with Gasteiger partial charge in [-0.25, -0.2) is 0 Å². The second-order valence-corrected chi connectivity index (χ2v) is 6.05. The summed E-state index contributed by atoms with van der Waals surface area (Å²) in [5.41, 5.74) is 0. The Morgan fingerprint density at radius 1 is 1.15 bits per heavy atom. The van der Waals surface area contributed by atoms with Crippen LogP contribution in [-0.2, 0) is 9.47 Å². The van der Waals surface area contributed by atoms with Crippen LogP contribution in [0.4, 0.5) is 0 Å². The summed E-state index contributed by atoms with van der Waals surface area (Å²) >= 11 is 0. The van der Waals surface area contributed by atoms with Crippen LogP contribution < -0.4 is 0 Å². The van der Waals surface area contributed by atoms with Gasteiger partial charge in [0.05, 0.1) is 37.9 Å². The summed E-state index contributed by atoms with van der Waals surface area (Å²) in [6, 6.07) is 2.09. The Kier molecular flexibility index (Phi) is 6.78. The van der Waals surface area contributed by atoms with Gasteiger partial charge in [-0.3, -0.25) is 0 Å². The quantitative estimate of drug-likeness (QED) is 0.787. The molecule has 0 bridgehead atoms. The number of aliphatic hydroxyl groups is 1. The molecule has 4 heteroatoms. The zero-order valence-corrected chi connectivity index (χ0v) is 12.3. The van der Waals surface area contributed by atoms with Crippen LogP contribution in [0, 0.1) is 17.2 Å². The molecule has 1 heterocycles. The predicted octanol–water partition coefficient (Wildman–Crippen LogP) is 2.80. The largest absolute Gasteiger partial charge is 0.394 e. The van der Waals surface area contributed by atoms with Gasteiger partial charge in [0, 0.05) is 6.42 Å². The molecule has 2 rings (SSSR count). The summed E-state index contributed by atoms with van der Waals surface area (Å²) in [6.45, 7) is 0.457. The standard InChI is InChI=1S/C16H27NO3/c17-9-6-10-19-15-11-14(20-16(15)12-18)13-7-4-2-1-3-5-8-13/h13-16,18H,1-8,10-12H2/t14-,15?,16-/m1/s1. The van der Waals surface area contributed by atoms with E-state index in [1.807, 2.05) is 0 Å². The molecule has 1 saturated carbocycles. The number of hydrogen-bond acceptors (Lipinski definition) is 4. The van der Waals surface area contributed by atoms with E-state index in [4.69, 9.17) is 14.7 Å². The molecule has 1 unspecified atom stereocenters. The van der Waals surface area contributed by atoms with Crippen molar-refractivity contribution in [2.24, 2.45) is 5.92 Å². The van der Waals surface area contributed by atoms with Gasteiger partial charge >= 0.3 is 0 Å². The van der Waals surface area contributed by atoms with Crippen LogP contribution in [-0.4, -0.2) is 36.6 Å². The minimum absolute atomic E-state index is 0.0143. The highest BCUT2D eigenvalue weighted by molar-refractivity contribution is 4.87. The fraction of sp³-hybridized carbons (Fsp3) is 0.938. The first-order chi connectivity index (χ1) is 9.85. The number of hydrogen-bond donors (Lipinski definition) is 1. The van der Waals surface area contributed by atoms with Crippen molar-refractivity contribution in [2.75, 3.05) is 13.2 Å². The van der Waals surface area contributed by atoms with Gasteiger partial charge in [0.25, 0.3) is 0 Å². The van der Waals surface area contributed by atoms with E-state index in [0.717, 1.165) is 6.42 Å². The maximum Gasteiger partial charge on any atom is 0.107 e. The van der Waals surface area contributed by atoms with Crippen molar-refractivity contribution in [2.45, 2.75) is 76.1 Å². The molecule has 1 aliphatic heterocycles. The topological polar surface area (TPSA) is 62.5 Å². The van der Waals surface area contributed by atoms with E-state index in [1.54, 1.807) is 0 Å². The monoisotopic (exact) mass is 281 g/mol. The van der Waals surface area contributed by atoms with E-state index in [0.29, 0.717) is 18.9 Å². The van der Waals surface area contributed by atoms with Crippen LogP contribution in [0.1, 0.15) is 57.8 Å². The van der Waals surface area contributed by atoms with Crippen molar-refractivity contribution in [3.63, 3.8) is 0 Å². The molecule has 2 aliphatic rings. The van der Waals surface area contributed by atoms with E-state index in [9.17, 15) is 5.11 Å². The third kappa shape index (κ3) is 4.44. The van der Waals surface area contributed by atoms with E-state index in [2.05, 4.69) is 6.07 Å². The summed E-state index contributed by atoms with van der Waals surface area (Å²) in [6.07, 6.45) is 10.4. The lowest BCUT2D eigenvalue weighted by atomic mass is 9.86. The second-order valence-electron chi connectivity index (χ2n) is 6.05. The number of nitrogens with zero attached hydrogens (tertiary/aromatic N) is 1. The van der Waals surface area contributed by atoms with Crippen LogP contribution >= 0.6 is 0 Å². The Hall–Kier alpha value is -0.630. The van der Waals surface area contributed by atoms with Crippen LogP contribution in [0.5, 0.6) is 0 Å². The molecule has 3 atom stereocenters. The molecule has 0 aromatic heterocycles. The van der Waals surface area contributed by atoms with Gasteiger partial charge in [0.2, 0.25) is 0 Å². The van der Waals surface area contributed by atoms with Crippen molar-refractivity contribution < 1.29 is 14.6 Å². The summed E-state index contributed by atoms with van der Waals surface area (Å²) in [5.74, 6) is 0.619. The summed E-state index contributed by atoms with van der Waals surface area (Å²) in [4.78, 5) is 0. The van der Waals surface area contributed by atoms with E-state index in [1.165, 1.54) is 44.9 Å². The Morgan fingerprint density at radius 2 is 1.85 bits per heavy atom. The molecule has 0 spiro atoms. The van der Waals surface area contributed by atoms with Crippen molar-refractivity contribution in [3.05, 3.63) is 0 Å². The minimum atomic E-state index is -0.205. The molecule has 0 aromatic rings. The molecule has 1 saturated heterocycles. The molecular formula is C16H27NO3. The first-order valence-corrected chi connectivity index (χ1v) is 8.10. The third-order valence-electron chi connectivity index (χ3n) is 4.63. The van der Waals surface area contributed by atoms with Gasteiger partial charge in [-0.1, -0.05) is 32.1 Å². The average molecular weight is 281 g/mol. The number of aliphatic hydroxyl groups excluding tert-OH is 1. The van der Waals surface area contributed by atoms with Crippen molar-refractivity contribution >= 4 is 0 Å². The van der Waals surface area contributed by atoms with Crippen LogP contribution in [0.3, 0.4) is 0 Å². The lowest BCUT2D eigenvalue weighted by molar-refractivity contribution is -0.0578. The zero-order chi connectivity index (χ0) is 14.2. The molecule has 2 fully saturated rings. The van der Waals surface area contributed by atoms with Crippen molar-refractivity contribution in [1.82, 2.24) is 0 Å². The first kappa shape index (κ1) is 15.8. The fourth-order valence-electron chi connectivity index (χ4n) is 3.50. The van der Waals surface area contributed by atoms with Gasteiger partial charge in [0.1, 0.15) is 6.10 Å². The number of rotatable bonds is 5. The van der Waals surface area contributed by atoms with Gasteiger partial charge in [0.15, 0.2) is 0 Å². The zero-order valence-electron chi connectivity index (χ0n) is 12.3. The van der Waals surface area contributed by atoms with Gasteiger partial charge in [-0.2, -0.15) is 5.26 Å². The highest BCUT2D eigenvalue weighted by Gasteiger charge is 2.39. The third-order valence-corrected chi connectivity index (χ3v) is 4.63. The lowest BCUT2D eigenvalue weighted by Gasteiger charge is -2.25. The van der Waals surface area contributed by atoms with E-state index < -0.39 is 0 Å². The average Bonchev–Trinajstić information content (AvgIpc) is 2.82. The Bertz CT molecular complexity index is 307. The predicted molar refractivity (Wildman–Crippen MR) is 76.1 cm³/mol. The van der Waals surface area contributed by atoms with Gasteiger partial charge < -0.3 is 14.6 Å². The van der Waals surface area contributed by atoms with Crippen molar-refractivity contribution in [1.29, 1.82) is 5.26 Å². The van der Waals surface area contributed by atoms with Crippen molar-refractivity contribution in [3.8, 4) is 6.07 Å². The second kappa shape index (κ2) is 8.61. The fourth-order valence-corrected chi connectivity index (χ4v) is 3.50. The van der Waals surface area contributed by atoms with Crippen LogP contribution in [0.2, 0.25) is 0 Å². The molecule has 0 radical (unpaired) electrons.